The summed E-state index contributed by atoms with van der Waals surface area (Å²) in [6.45, 7) is -1.38. The molecule has 0 aliphatic carbocycles. The summed E-state index contributed by atoms with van der Waals surface area (Å²) in [4.78, 5) is 12.3. The summed E-state index contributed by atoms with van der Waals surface area (Å²) in [6, 6.07) is 0. The van der Waals surface area contributed by atoms with Crippen molar-refractivity contribution in [2.45, 2.75) is 31.6 Å². The zero-order chi connectivity index (χ0) is 15.6. The Labute approximate surface area is 112 Å². The Bertz CT molecular complexity index is 338. The fourth-order valence-corrected chi connectivity index (χ4v) is 2.22. The molecule has 1 heterocycles. The third kappa shape index (κ3) is 3.18. The molecule has 0 aromatic rings. The van der Waals surface area contributed by atoms with Crippen LogP contribution in [0.5, 0.6) is 0 Å². The number of carbonyl (C=O) groups is 1. The van der Waals surface area contributed by atoms with Crippen LogP contribution in [0.25, 0.3) is 0 Å². The first-order valence-electron chi connectivity index (χ1n) is 6.11. The minimum atomic E-state index is -5.41. The molecule has 1 saturated heterocycles. The van der Waals surface area contributed by atoms with Crippen molar-refractivity contribution in [1.29, 1.82) is 0 Å². The van der Waals surface area contributed by atoms with Crippen molar-refractivity contribution in [3.05, 3.63) is 0 Å². The molecule has 0 unspecified atom stereocenters. The summed E-state index contributed by atoms with van der Waals surface area (Å²) in [5, 5.41) is 2.75. The quantitative estimate of drug-likeness (QED) is 0.639. The van der Waals surface area contributed by atoms with Gasteiger partial charge in [-0.3, -0.25) is 4.79 Å². The number of nitrogens with one attached hydrogen (secondary N) is 1. The lowest BCUT2D eigenvalue weighted by molar-refractivity contribution is -0.334. The lowest BCUT2D eigenvalue weighted by atomic mass is 9.85. The van der Waals surface area contributed by atoms with Crippen molar-refractivity contribution in [2.24, 2.45) is 5.41 Å². The standard InChI is InChI=1S/C11H16F6N2O/c1-18-5-2-3-8(20)19-6-4-9(7-19,10(12,13)14)11(15,16)17/h18H,2-7H2,1H3. The van der Waals surface area contributed by atoms with Crippen LogP contribution in [0.4, 0.5) is 26.3 Å². The maximum Gasteiger partial charge on any atom is 0.404 e. The van der Waals surface area contributed by atoms with Crippen LogP contribution in [0.2, 0.25) is 0 Å². The third-order valence-electron chi connectivity index (χ3n) is 3.52. The van der Waals surface area contributed by atoms with E-state index in [0.717, 1.165) is 0 Å². The summed E-state index contributed by atoms with van der Waals surface area (Å²) in [5.41, 5.74) is -3.79. The average molecular weight is 306 g/mol. The average Bonchev–Trinajstić information content (AvgIpc) is 2.73. The number of hydrogen-bond donors (Lipinski definition) is 1. The van der Waals surface area contributed by atoms with Crippen molar-refractivity contribution in [1.82, 2.24) is 10.2 Å². The van der Waals surface area contributed by atoms with Crippen LogP contribution in [0.1, 0.15) is 19.3 Å². The van der Waals surface area contributed by atoms with E-state index in [9.17, 15) is 31.1 Å². The van der Waals surface area contributed by atoms with E-state index in [1.54, 1.807) is 7.05 Å². The number of carbonyl (C=O) groups excluding carboxylic acids is 1. The van der Waals surface area contributed by atoms with E-state index in [4.69, 9.17) is 0 Å². The van der Waals surface area contributed by atoms with Crippen LogP contribution in [0.15, 0.2) is 0 Å². The summed E-state index contributed by atoms with van der Waals surface area (Å²) in [7, 11) is 1.64. The fourth-order valence-electron chi connectivity index (χ4n) is 2.22. The number of alkyl halides is 6. The van der Waals surface area contributed by atoms with E-state index in [1.165, 1.54) is 0 Å². The van der Waals surface area contributed by atoms with Crippen LogP contribution in [-0.2, 0) is 4.79 Å². The van der Waals surface area contributed by atoms with Gasteiger partial charge in [0.15, 0.2) is 5.41 Å². The second-order valence-electron chi connectivity index (χ2n) is 4.85. The van der Waals surface area contributed by atoms with Gasteiger partial charge in [0.25, 0.3) is 0 Å². The van der Waals surface area contributed by atoms with E-state index in [-0.39, 0.29) is 6.42 Å². The second-order valence-corrected chi connectivity index (χ2v) is 4.85. The van der Waals surface area contributed by atoms with Crippen molar-refractivity contribution < 1.29 is 31.1 Å². The highest BCUT2D eigenvalue weighted by Crippen LogP contribution is 2.55. The molecule has 1 N–H and O–H groups in total. The van der Waals surface area contributed by atoms with E-state index >= 15 is 0 Å². The SMILES string of the molecule is CNCCCC(=O)N1CCC(C(F)(F)F)(C(F)(F)F)C1. The summed E-state index contributed by atoms with van der Waals surface area (Å²) < 4.78 is 76.7. The molecule has 0 bridgehead atoms. The molecule has 0 aromatic carbocycles. The number of halogens is 6. The van der Waals surface area contributed by atoms with Crippen LogP contribution in [0.3, 0.4) is 0 Å². The molecular weight excluding hydrogens is 290 g/mol. The Kier molecular flexibility index (Phi) is 4.94. The molecule has 118 valence electrons. The summed E-state index contributed by atoms with van der Waals surface area (Å²) in [6.07, 6.45) is -11.6. The molecular formula is C11H16F6N2O. The molecule has 0 atom stereocenters. The van der Waals surface area contributed by atoms with Gasteiger partial charge in [0, 0.05) is 19.5 Å². The summed E-state index contributed by atoms with van der Waals surface area (Å²) >= 11 is 0. The van der Waals surface area contributed by atoms with Gasteiger partial charge in [-0.25, -0.2) is 0 Å². The van der Waals surface area contributed by atoms with Gasteiger partial charge >= 0.3 is 12.4 Å². The van der Waals surface area contributed by atoms with Gasteiger partial charge < -0.3 is 10.2 Å². The molecule has 9 heteroatoms. The van der Waals surface area contributed by atoms with Crippen LogP contribution < -0.4 is 5.32 Å². The monoisotopic (exact) mass is 306 g/mol. The molecule has 1 rings (SSSR count). The van der Waals surface area contributed by atoms with Gasteiger partial charge in [0.1, 0.15) is 0 Å². The highest BCUT2D eigenvalue weighted by Gasteiger charge is 2.72. The molecule has 0 aromatic heterocycles. The zero-order valence-corrected chi connectivity index (χ0v) is 10.9. The molecule has 0 saturated carbocycles. The maximum atomic E-state index is 12.8. The molecule has 1 fully saturated rings. The van der Waals surface area contributed by atoms with Gasteiger partial charge in [0.05, 0.1) is 0 Å². The Hall–Kier alpha value is -0.990. The first kappa shape index (κ1) is 17.1. The number of nitrogens with zero attached hydrogens (tertiary/aromatic N) is 1. The molecule has 1 aliphatic heterocycles. The van der Waals surface area contributed by atoms with E-state index < -0.39 is 43.2 Å². The van der Waals surface area contributed by atoms with Gasteiger partial charge in [-0.15, -0.1) is 0 Å². The minimum absolute atomic E-state index is 0.0629. The highest BCUT2D eigenvalue weighted by molar-refractivity contribution is 5.76. The maximum absolute atomic E-state index is 12.8. The molecule has 0 radical (unpaired) electrons. The first-order chi connectivity index (χ1) is 9.05. The predicted molar refractivity (Wildman–Crippen MR) is 58.9 cm³/mol. The van der Waals surface area contributed by atoms with Crippen molar-refractivity contribution in [3.8, 4) is 0 Å². The van der Waals surface area contributed by atoms with Gasteiger partial charge in [-0.1, -0.05) is 0 Å². The molecule has 1 aliphatic rings. The predicted octanol–water partition coefficient (Wildman–Crippen LogP) is 2.33. The Morgan fingerprint density at radius 1 is 1.20 bits per heavy atom. The largest absolute Gasteiger partial charge is 0.404 e. The number of hydrogen-bond acceptors (Lipinski definition) is 2. The Balaban J connectivity index is 2.79. The van der Waals surface area contributed by atoms with Crippen LogP contribution >= 0.6 is 0 Å². The van der Waals surface area contributed by atoms with Crippen molar-refractivity contribution in [3.63, 3.8) is 0 Å². The Morgan fingerprint density at radius 3 is 2.15 bits per heavy atom. The van der Waals surface area contributed by atoms with E-state index in [0.29, 0.717) is 17.9 Å². The highest BCUT2D eigenvalue weighted by atomic mass is 19.4. The fraction of sp³-hybridized carbons (Fsp3) is 0.909. The lowest BCUT2D eigenvalue weighted by Gasteiger charge is -2.33. The normalized spacial score (nSPS) is 19.4. The zero-order valence-electron chi connectivity index (χ0n) is 10.9. The van der Waals surface area contributed by atoms with E-state index in [2.05, 4.69) is 5.32 Å². The van der Waals surface area contributed by atoms with Crippen molar-refractivity contribution >= 4 is 5.91 Å². The number of likely N-dealkylation sites (tertiary alicyclic amines) is 1. The number of amides is 1. The molecule has 1 amide bonds. The smallest absolute Gasteiger partial charge is 0.341 e. The Morgan fingerprint density at radius 2 is 1.75 bits per heavy atom. The first-order valence-corrected chi connectivity index (χ1v) is 6.11. The minimum Gasteiger partial charge on any atom is -0.341 e. The molecule has 3 nitrogen and oxygen atoms in total. The topological polar surface area (TPSA) is 32.3 Å². The molecule has 0 spiro atoms. The third-order valence-corrected chi connectivity index (χ3v) is 3.52. The van der Waals surface area contributed by atoms with Gasteiger partial charge in [0.2, 0.25) is 5.91 Å². The van der Waals surface area contributed by atoms with Crippen molar-refractivity contribution in [2.75, 3.05) is 26.7 Å². The van der Waals surface area contributed by atoms with Gasteiger partial charge in [-0.05, 0) is 26.4 Å². The summed E-state index contributed by atoms with van der Waals surface area (Å²) in [5.74, 6) is -0.671. The van der Waals surface area contributed by atoms with Gasteiger partial charge in [-0.2, -0.15) is 26.3 Å². The molecule has 20 heavy (non-hydrogen) atoms. The number of rotatable bonds is 4. The lowest BCUT2D eigenvalue weighted by Crippen LogP contribution is -2.52. The van der Waals surface area contributed by atoms with Crippen LogP contribution in [0, 0.1) is 5.41 Å². The second kappa shape index (κ2) is 5.79. The van der Waals surface area contributed by atoms with Crippen LogP contribution in [-0.4, -0.2) is 49.8 Å². The van der Waals surface area contributed by atoms with E-state index in [1.807, 2.05) is 0 Å².